The summed E-state index contributed by atoms with van der Waals surface area (Å²) in [5, 5.41) is 3.54. The zero-order valence-corrected chi connectivity index (χ0v) is 13.6. The van der Waals surface area contributed by atoms with Gasteiger partial charge in [0.15, 0.2) is 0 Å². The minimum absolute atomic E-state index is 0.216. The molecule has 112 valence electrons. The molecule has 2 atom stereocenters. The number of rotatable bonds is 4. The second kappa shape index (κ2) is 6.28. The zero-order chi connectivity index (χ0) is 14.8. The summed E-state index contributed by atoms with van der Waals surface area (Å²) in [5.41, 5.74) is 2.93. The molecule has 1 N–H and O–H groups in total. The zero-order valence-electron chi connectivity index (χ0n) is 13.6. The van der Waals surface area contributed by atoms with E-state index in [1.54, 1.807) is 0 Å². The number of nitrogens with one attached hydrogen (secondary N) is 1. The molecule has 2 nitrogen and oxygen atoms in total. The fourth-order valence-electron chi connectivity index (χ4n) is 2.77. The van der Waals surface area contributed by atoms with Crippen LogP contribution < -0.4 is 5.32 Å². The van der Waals surface area contributed by atoms with Gasteiger partial charge in [-0.1, -0.05) is 58.9 Å². The monoisotopic (exact) mass is 275 g/mol. The predicted molar refractivity (Wildman–Crippen MR) is 85.1 cm³/mol. The molecule has 0 bridgehead atoms. The summed E-state index contributed by atoms with van der Waals surface area (Å²) in [4.78, 5) is 0. The third kappa shape index (κ3) is 3.83. The fraction of sp³-hybridized carbons (Fsp3) is 0.667. The largest absolute Gasteiger partial charge is 0.373 e. The molecule has 0 amide bonds. The lowest BCUT2D eigenvalue weighted by atomic mass is 9.85. The maximum atomic E-state index is 5.97. The van der Waals surface area contributed by atoms with Gasteiger partial charge < -0.3 is 10.1 Å². The number of hydrogen-bond donors (Lipinski definition) is 1. The third-order valence-corrected chi connectivity index (χ3v) is 4.11. The van der Waals surface area contributed by atoms with E-state index in [4.69, 9.17) is 4.74 Å². The van der Waals surface area contributed by atoms with Crippen molar-refractivity contribution >= 4 is 0 Å². The summed E-state index contributed by atoms with van der Waals surface area (Å²) in [6, 6.07) is 9.55. The molecular weight excluding hydrogens is 246 g/mol. The van der Waals surface area contributed by atoms with E-state index in [0.29, 0.717) is 12.0 Å². The van der Waals surface area contributed by atoms with Gasteiger partial charge in [0.1, 0.15) is 0 Å². The van der Waals surface area contributed by atoms with Crippen LogP contribution in [0.4, 0.5) is 0 Å². The van der Waals surface area contributed by atoms with E-state index >= 15 is 0 Å². The minimum Gasteiger partial charge on any atom is -0.373 e. The second-order valence-corrected chi connectivity index (χ2v) is 7.28. The van der Waals surface area contributed by atoms with Crippen LogP contribution >= 0.6 is 0 Å². The highest BCUT2D eigenvalue weighted by Gasteiger charge is 2.29. The van der Waals surface area contributed by atoms with Gasteiger partial charge in [-0.3, -0.25) is 0 Å². The molecule has 0 radical (unpaired) electrons. The van der Waals surface area contributed by atoms with Crippen molar-refractivity contribution in [1.82, 2.24) is 5.32 Å². The highest BCUT2D eigenvalue weighted by atomic mass is 16.5. The second-order valence-electron chi connectivity index (χ2n) is 7.28. The minimum atomic E-state index is 0.216. The Hall–Kier alpha value is -0.860. The Morgan fingerprint density at radius 3 is 2.40 bits per heavy atom. The first-order valence-electron chi connectivity index (χ1n) is 7.83. The summed E-state index contributed by atoms with van der Waals surface area (Å²) < 4.78 is 5.97. The van der Waals surface area contributed by atoms with E-state index < -0.39 is 0 Å². The molecule has 20 heavy (non-hydrogen) atoms. The van der Waals surface area contributed by atoms with Crippen molar-refractivity contribution in [1.29, 1.82) is 0 Å². The van der Waals surface area contributed by atoms with E-state index in [9.17, 15) is 0 Å². The van der Waals surface area contributed by atoms with Gasteiger partial charge in [-0.25, -0.2) is 0 Å². The van der Waals surface area contributed by atoms with E-state index in [0.717, 1.165) is 19.6 Å². The maximum absolute atomic E-state index is 5.97. The number of hydrogen-bond acceptors (Lipinski definition) is 2. The summed E-state index contributed by atoms with van der Waals surface area (Å²) in [6.07, 6.45) is 1.42. The quantitative estimate of drug-likeness (QED) is 0.894. The summed E-state index contributed by atoms with van der Waals surface area (Å²) in [5.74, 6) is 0.595. The predicted octanol–water partition coefficient (Wildman–Crippen LogP) is 4.06. The molecule has 2 rings (SSSR count). The van der Waals surface area contributed by atoms with Gasteiger partial charge >= 0.3 is 0 Å². The Bertz CT molecular complexity index is 416. The summed E-state index contributed by atoms with van der Waals surface area (Å²) >= 11 is 0. The number of benzene rings is 1. The van der Waals surface area contributed by atoms with Crippen LogP contribution in [0.5, 0.6) is 0 Å². The van der Waals surface area contributed by atoms with Gasteiger partial charge in [0.05, 0.1) is 6.10 Å². The van der Waals surface area contributed by atoms with Crippen molar-refractivity contribution in [2.45, 2.75) is 58.6 Å². The van der Waals surface area contributed by atoms with Crippen molar-refractivity contribution in [2.75, 3.05) is 13.2 Å². The average Bonchev–Trinajstić information content (AvgIpc) is 2.83. The lowest BCUT2D eigenvalue weighted by molar-refractivity contribution is 0.0900. The van der Waals surface area contributed by atoms with E-state index in [1.807, 2.05) is 0 Å². The van der Waals surface area contributed by atoms with E-state index in [-0.39, 0.29) is 11.5 Å². The van der Waals surface area contributed by atoms with Crippen LogP contribution in [-0.2, 0) is 10.2 Å². The molecule has 2 unspecified atom stereocenters. The van der Waals surface area contributed by atoms with Gasteiger partial charge in [0.2, 0.25) is 0 Å². The van der Waals surface area contributed by atoms with Crippen molar-refractivity contribution in [3.05, 3.63) is 35.4 Å². The smallest absolute Gasteiger partial charge is 0.0866 e. The first-order chi connectivity index (χ1) is 9.38. The topological polar surface area (TPSA) is 21.3 Å². The summed E-state index contributed by atoms with van der Waals surface area (Å²) in [7, 11) is 0. The Balaban J connectivity index is 2.06. The Morgan fingerprint density at radius 2 is 1.85 bits per heavy atom. The number of ether oxygens (including phenoxy) is 1. The first-order valence-corrected chi connectivity index (χ1v) is 7.83. The van der Waals surface area contributed by atoms with Gasteiger partial charge in [0.25, 0.3) is 0 Å². The molecule has 0 saturated carbocycles. The average molecular weight is 275 g/mol. The van der Waals surface area contributed by atoms with Crippen LogP contribution in [0.3, 0.4) is 0 Å². The van der Waals surface area contributed by atoms with E-state index in [1.165, 1.54) is 11.1 Å². The SMILES string of the molecule is CC(C)NCC1CCOC1c1ccc(C(C)(C)C)cc1. The van der Waals surface area contributed by atoms with Crippen LogP contribution in [-0.4, -0.2) is 19.2 Å². The molecule has 1 aromatic carbocycles. The molecule has 0 spiro atoms. The van der Waals surface area contributed by atoms with Crippen LogP contribution in [0.15, 0.2) is 24.3 Å². The Kier molecular flexibility index (Phi) is 4.87. The van der Waals surface area contributed by atoms with Gasteiger partial charge in [-0.05, 0) is 23.0 Å². The maximum Gasteiger partial charge on any atom is 0.0866 e. The van der Waals surface area contributed by atoms with E-state index in [2.05, 4.69) is 64.2 Å². The fourth-order valence-corrected chi connectivity index (χ4v) is 2.77. The molecule has 0 aromatic heterocycles. The van der Waals surface area contributed by atoms with Gasteiger partial charge in [0, 0.05) is 25.1 Å². The van der Waals surface area contributed by atoms with Crippen molar-refractivity contribution < 1.29 is 4.74 Å². The Morgan fingerprint density at radius 1 is 1.20 bits per heavy atom. The van der Waals surface area contributed by atoms with Crippen LogP contribution in [0, 0.1) is 5.92 Å². The molecule has 1 aliphatic heterocycles. The van der Waals surface area contributed by atoms with Crippen LogP contribution in [0.2, 0.25) is 0 Å². The van der Waals surface area contributed by atoms with Crippen molar-refractivity contribution in [3.8, 4) is 0 Å². The molecule has 0 aliphatic carbocycles. The van der Waals surface area contributed by atoms with Crippen molar-refractivity contribution in [3.63, 3.8) is 0 Å². The molecule has 2 heteroatoms. The molecule has 1 saturated heterocycles. The third-order valence-electron chi connectivity index (χ3n) is 4.11. The standard InChI is InChI=1S/C18H29NO/c1-13(2)19-12-15-10-11-20-17(15)14-6-8-16(9-7-14)18(3,4)5/h6-9,13,15,17,19H,10-12H2,1-5H3. The van der Waals surface area contributed by atoms with Gasteiger partial charge in [-0.15, -0.1) is 0 Å². The highest BCUT2D eigenvalue weighted by Crippen LogP contribution is 2.35. The van der Waals surface area contributed by atoms with Crippen LogP contribution in [0.1, 0.15) is 58.3 Å². The molecule has 1 heterocycles. The highest BCUT2D eigenvalue weighted by molar-refractivity contribution is 5.29. The molecule has 1 aliphatic rings. The normalized spacial score (nSPS) is 23.5. The van der Waals surface area contributed by atoms with Crippen molar-refractivity contribution in [2.24, 2.45) is 5.92 Å². The lowest BCUT2D eigenvalue weighted by Crippen LogP contribution is -2.30. The lowest BCUT2D eigenvalue weighted by Gasteiger charge is -2.23. The Labute approximate surface area is 123 Å². The summed E-state index contributed by atoms with van der Waals surface area (Å²) in [6.45, 7) is 13.1. The first kappa shape index (κ1) is 15.5. The molecular formula is C18H29NO. The van der Waals surface area contributed by atoms with Gasteiger partial charge in [-0.2, -0.15) is 0 Å². The molecule has 1 fully saturated rings. The van der Waals surface area contributed by atoms with Crippen LogP contribution in [0.25, 0.3) is 0 Å². The molecule has 1 aromatic rings.